The third kappa shape index (κ3) is 4.10. The van der Waals surface area contributed by atoms with E-state index in [2.05, 4.69) is 10.00 Å². The molecule has 0 amide bonds. The highest BCUT2D eigenvalue weighted by molar-refractivity contribution is 7.91. The molecule has 2 aromatic rings. The van der Waals surface area contributed by atoms with E-state index in [9.17, 15) is 12.8 Å². The molecule has 1 saturated heterocycles. The number of sulfone groups is 1. The van der Waals surface area contributed by atoms with Gasteiger partial charge in [0.1, 0.15) is 5.82 Å². The number of hydrogen-bond donors (Lipinski definition) is 0. The number of aryl methyl sites for hydroxylation is 1. The number of nitrogens with zero attached hydrogens (tertiary/aromatic N) is 3. The van der Waals surface area contributed by atoms with E-state index in [1.165, 1.54) is 6.07 Å². The maximum atomic E-state index is 13.3. The fourth-order valence-electron chi connectivity index (χ4n) is 3.52. The summed E-state index contributed by atoms with van der Waals surface area (Å²) in [5.74, 6) is 0.187. The average molecular weight is 365 g/mol. The van der Waals surface area contributed by atoms with Crippen LogP contribution in [-0.4, -0.2) is 41.7 Å². The van der Waals surface area contributed by atoms with Crippen LogP contribution in [0.15, 0.2) is 24.3 Å². The van der Waals surface area contributed by atoms with Crippen LogP contribution in [-0.2, 0) is 22.9 Å². The van der Waals surface area contributed by atoms with Crippen molar-refractivity contribution in [3.05, 3.63) is 52.6 Å². The SMILES string of the molecule is Cc1nn([C@H]2CCS(=O)(=O)C2)c(C)c1CN(C)Cc1cccc(F)c1. The molecule has 0 N–H and O–H groups in total. The smallest absolute Gasteiger partial charge is 0.152 e. The van der Waals surface area contributed by atoms with Gasteiger partial charge in [0, 0.05) is 24.3 Å². The Morgan fingerprint density at radius 2 is 2.08 bits per heavy atom. The first kappa shape index (κ1) is 18.1. The van der Waals surface area contributed by atoms with Gasteiger partial charge in [-0.25, -0.2) is 12.8 Å². The Morgan fingerprint density at radius 1 is 1.32 bits per heavy atom. The molecule has 0 unspecified atom stereocenters. The van der Waals surface area contributed by atoms with Gasteiger partial charge in [0.25, 0.3) is 0 Å². The van der Waals surface area contributed by atoms with Crippen molar-refractivity contribution >= 4 is 9.84 Å². The largest absolute Gasteiger partial charge is 0.298 e. The molecule has 1 aromatic carbocycles. The Hall–Kier alpha value is -1.73. The second-order valence-electron chi connectivity index (χ2n) is 6.95. The van der Waals surface area contributed by atoms with Gasteiger partial charge in [0.05, 0.1) is 23.2 Å². The van der Waals surface area contributed by atoms with E-state index in [-0.39, 0.29) is 23.4 Å². The van der Waals surface area contributed by atoms with Gasteiger partial charge in [0.2, 0.25) is 0 Å². The molecule has 1 aliphatic rings. The van der Waals surface area contributed by atoms with Crippen LogP contribution >= 0.6 is 0 Å². The molecule has 3 rings (SSSR count). The maximum absolute atomic E-state index is 13.3. The quantitative estimate of drug-likeness (QED) is 0.817. The first-order valence-electron chi connectivity index (χ1n) is 8.43. The summed E-state index contributed by atoms with van der Waals surface area (Å²) in [6.45, 7) is 5.28. The molecule has 0 aliphatic carbocycles. The zero-order valence-electron chi connectivity index (χ0n) is 14.9. The third-order valence-corrected chi connectivity index (χ3v) is 6.55. The molecule has 1 fully saturated rings. The van der Waals surface area contributed by atoms with Crippen LogP contribution in [0.4, 0.5) is 4.39 Å². The summed E-state index contributed by atoms with van der Waals surface area (Å²) in [6, 6.07) is 6.55. The molecule has 136 valence electrons. The second-order valence-corrected chi connectivity index (χ2v) is 9.18. The number of hydrogen-bond acceptors (Lipinski definition) is 4. The topological polar surface area (TPSA) is 55.2 Å². The molecule has 25 heavy (non-hydrogen) atoms. The molecule has 0 saturated carbocycles. The van der Waals surface area contributed by atoms with Gasteiger partial charge in [-0.1, -0.05) is 12.1 Å². The molecule has 2 heterocycles. The van der Waals surface area contributed by atoms with Gasteiger partial charge in [-0.2, -0.15) is 5.10 Å². The highest BCUT2D eigenvalue weighted by Crippen LogP contribution is 2.27. The van der Waals surface area contributed by atoms with E-state index in [1.54, 1.807) is 12.1 Å². The minimum Gasteiger partial charge on any atom is -0.298 e. The van der Waals surface area contributed by atoms with Crippen molar-refractivity contribution in [3.8, 4) is 0 Å². The van der Waals surface area contributed by atoms with E-state index in [0.717, 1.165) is 22.5 Å². The van der Waals surface area contributed by atoms with Crippen molar-refractivity contribution in [2.45, 2.75) is 39.4 Å². The van der Waals surface area contributed by atoms with Crippen molar-refractivity contribution in [2.75, 3.05) is 18.6 Å². The predicted octanol–water partition coefficient (Wildman–Crippen LogP) is 2.63. The zero-order chi connectivity index (χ0) is 18.2. The van der Waals surface area contributed by atoms with Crippen LogP contribution in [0.1, 0.15) is 35.0 Å². The highest BCUT2D eigenvalue weighted by atomic mass is 32.2. The Kier molecular flexibility index (Phi) is 4.97. The van der Waals surface area contributed by atoms with Gasteiger partial charge in [0.15, 0.2) is 9.84 Å². The summed E-state index contributed by atoms with van der Waals surface area (Å²) in [4.78, 5) is 2.11. The van der Waals surface area contributed by atoms with Crippen molar-refractivity contribution < 1.29 is 12.8 Å². The van der Waals surface area contributed by atoms with E-state index < -0.39 is 9.84 Å². The molecule has 0 spiro atoms. The van der Waals surface area contributed by atoms with Gasteiger partial charge in [-0.15, -0.1) is 0 Å². The first-order chi connectivity index (χ1) is 11.7. The number of halogens is 1. The van der Waals surface area contributed by atoms with E-state index in [0.29, 0.717) is 19.5 Å². The lowest BCUT2D eigenvalue weighted by atomic mass is 10.1. The summed E-state index contributed by atoms with van der Waals surface area (Å²) in [7, 11) is -0.951. The predicted molar refractivity (Wildman–Crippen MR) is 95.6 cm³/mol. The monoisotopic (exact) mass is 365 g/mol. The normalized spacial score (nSPS) is 19.6. The first-order valence-corrected chi connectivity index (χ1v) is 10.3. The van der Waals surface area contributed by atoms with Crippen molar-refractivity contribution in [2.24, 2.45) is 0 Å². The van der Waals surface area contributed by atoms with E-state index >= 15 is 0 Å². The number of benzene rings is 1. The van der Waals surface area contributed by atoms with Gasteiger partial charge in [-0.3, -0.25) is 9.58 Å². The fourth-order valence-corrected chi connectivity index (χ4v) is 5.21. The fraction of sp³-hybridized carbons (Fsp3) is 0.500. The van der Waals surface area contributed by atoms with Crippen LogP contribution in [0.3, 0.4) is 0 Å². The van der Waals surface area contributed by atoms with Crippen LogP contribution in [0, 0.1) is 19.7 Å². The molecule has 5 nitrogen and oxygen atoms in total. The highest BCUT2D eigenvalue weighted by Gasteiger charge is 2.31. The standard InChI is InChI=1S/C18H24FN3O2S/c1-13-18(11-21(3)10-15-5-4-6-16(19)9-15)14(2)22(20-13)17-7-8-25(23,24)12-17/h4-6,9,17H,7-8,10-12H2,1-3H3/t17-/m0/s1. The van der Waals surface area contributed by atoms with Gasteiger partial charge >= 0.3 is 0 Å². The summed E-state index contributed by atoms with van der Waals surface area (Å²) >= 11 is 0. The van der Waals surface area contributed by atoms with Crippen molar-refractivity contribution in [3.63, 3.8) is 0 Å². The van der Waals surface area contributed by atoms with Crippen LogP contribution in [0.5, 0.6) is 0 Å². The molecule has 1 aliphatic heterocycles. The molecule has 0 bridgehead atoms. The number of rotatable bonds is 5. The Bertz CT molecular complexity index is 876. The number of aromatic nitrogens is 2. The average Bonchev–Trinajstić information content (AvgIpc) is 3.01. The molecule has 1 atom stereocenters. The molecule has 0 radical (unpaired) electrons. The Labute approximate surface area is 148 Å². The Morgan fingerprint density at radius 3 is 2.72 bits per heavy atom. The molecule has 1 aromatic heterocycles. The van der Waals surface area contributed by atoms with E-state index in [4.69, 9.17) is 0 Å². The lowest BCUT2D eigenvalue weighted by Gasteiger charge is -2.18. The third-order valence-electron chi connectivity index (χ3n) is 4.80. The lowest BCUT2D eigenvalue weighted by Crippen LogP contribution is -2.19. The van der Waals surface area contributed by atoms with Crippen LogP contribution < -0.4 is 0 Å². The molecule has 7 heteroatoms. The summed E-state index contributed by atoms with van der Waals surface area (Å²) in [5.41, 5.74) is 3.98. The minimum atomic E-state index is -2.94. The van der Waals surface area contributed by atoms with Crippen molar-refractivity contribution in [1.29, 1.82) is 0 Å². The van der Waals surface area contributed by atoms with Crippen LogP contribution in [0.2, 0.25) is 0 Å². The van der Waals surface area contributed by atoms with E-state index in [1.807, 2.05) is 31.6 Å². The summed E-state index contributed by atoms with van der Waals surface area (Å²) in [6.07, 6.45) is 0.628. The second kappa shape index (κ2) is 6.88. The lowest BCUT2D eigenvalue weighted by molar-refractivity contribution is 0.317. The minimum absolute atomic E-state index is 0.0639. The zero-order valence-corrected chi connectivity index (χ0v) is 15.7. The summed E-state index contributed by atoms with van der Waals surface area (Å²) < 4.78 is 38.7. The van der Waals surface area contributed by atoms with Crippen LogP contribution in [0.25, 0.3) is 0 Å². The van der Waals surface area contributed by atoms with Gasteiger partial charge in [-0.05, 0) is 45.0 Å². The Balaban J connectivity index is 1.74. The maximum Gasteiger partial charge on any atom is 0.152 e. The van der Waals surface area contributed by atoms with Gasteiger partial charge < -0.3 is 0 Å². The van der Waals surface area contributed by atoms with Crippen molar-refractivity contribution in [1.82, 2.24) is 14.7 Å². The summed E-state index contributed by atoms with van der Waals surface area (Å²) in [5, 5.41) is 4.60. The molecular weight excluding hydrogens is 341 g/mol. The molecular formula is C18H24FN3O2S.